The summed E-state index contributed by atoms with van der Waals surface area (Å²) in [6.45, 7) is 8.88. The van der Waals surface area contributed by atoms with Gasteiger partial charge in [-0.25, -0.2) is 9.78 Å². The number of para-hydroxylation sites is 1. The molecule has 274 valence electrons. The minimum absolute atomic E-state index is 0.00394. The van der Waals surface area contributed by atoms with Crippen LogP contribution in [0.15, 0.2) is 67.0 Å². The first-order valence-corrected chi connectivity index (χ1v) is 19.2. The fourth-order valence-corrected chi connectivity index (χ4v) is 9.03. The van der Waals surface area contributed by atoms with Crippen molar-refractivity contribution in [3.8, 4) is 11.5 Å². The van der Waals surface area contributed by atoms with E-state index < -0.39 is 11.7 Å². The summed E-state index contributed by atoms with van der Waals surface area (Å²) < 4.78 is 10.1. The molecule has 1 N–H and O–H groups in total. The molecule has 4 aliphatic rings. The van der Waals surface area contributed by atoms with Crippen molar-refractivity contribution in [1.82, 2.24) is 34.2 Å². The molecule has 2 aliphatic heterocycles. The lowest BCUT2D eigenvalue weighted by Gasteiger charge is -2.39. The molecule has 0 spiro atoms. The van der Waals surface area contributed by atoms with E-state index in [9.17, 15) is 14.4 Å². The van der Waals surface area contributed by atoms with Gasteiger partial charge in [-0.2, -0.15) is 0 Å². The summed E-state index contributed by atoms with van der Waals surface area (Å²) in [5.41, 5.74) is 4.16. The number of aromatic nitrogens is 4. The molecule has 2 aliphatic carbocycles. The number of piperidine rings is 1. The van der Waals surface area contributed by atoms with E-state index in [0.717, 1.165) is 41.8 Å². The average molecular weight is 734 g/mol. The van der Waals surface area contributed by atoms with Crippen molar-refractivity contribution >= 4 is 51.4 Å². The minimum Gasteiger partial charge on any atom is -0.444 e. The van der Waals surface area contributed by atoms with Crippen molar-refractivity contribution in [3.05, 3.63) is 83.1 Å². The lowest BCUT2D eigenvalue weighted by Crippen LogP contribution is -2.51. The molecule has 9 rings (SSSR count). The van der Waals surface area contributed by atoms with Crippen LogP contribution in [0.4, 0.5) is 4.79 Å². The van der Waals surface area contributed by atoms with Crippen LogP contribution < -0.4 is 5.32 Å². The number of halogens is 1. The van der Waals surface area contributed by atoms with E-state index >= 15 is 0 Å². The van der Waals surface area contributed by atoms with Gasteiger partial charge in [-0.3, -0.25) is 14.6 Å². The van der Waals surface area contributed by atoms with Crippen molar-refractivity contribution < 1.29 is 19.1 Å². The first-order valence-electron chi connectivity index (χ1n) is 18.8. The maximum Gasteiger partial charge on any atom is 0.407 e. The zero-order valence-electron chi connectivity index (χ0n) is 30.3. The van der Waals surface area contributed by atoms with E-state index in [1.54, 1.807) is 30.6 Å². The van der Waals surface area contributed by atoms with Gasteiger partial charge in [0.1, 0.15) is 5.60 Å². The number of nitrogens with zero attached hydrogens (tertiary/aromatic N) is 6. The number of hydrogen-bond acceptors (Lipinski definition) is 6. The smallest absolute Gasteiger partial charge is 0.407 e. The number of fused-ring (bicyclic) bond motifs is 4. The fraction of sp³-hybridized carbons (Fsp3) is 0.439. The molecule has 12 heteroatoms. The van der Waals surface area contributed by atoms with Crippen molar-refractivity contribution in [3.63, 3.8) is 0 Å². The van der Waals surface area contributed by atoms with E-state index in [0.29, 0.717) is 53.8 Å². The van der Waals surface area contributed by atoms with Crippen LogP contribution in [0.25, 0.3) is 33.5 Å². The number of benzene rings is 2. The highest BCUT2D eigenvalue weighted by atomic mass is 35.5. The molecular weight excluding hydrogens is 690 g/mol. The number of amides is 3. The predicted molar refractivity (Wildman–Crippen MR) is 203 cm³/mol. The number of ether oxygens (including phenoxy) is 1. The van der Waals surface area contributed by atoms with Gasteiger partial charge in [0.15, 0.2) is 5.82 Å². The molecule has 5 heterocycles. The first-order chi connectivity index (χ1) is 25.5. The Labute approximate surface area is 313 Å². The summed E-state index contributed by atoms with van der Waals surface area (Å²) in [7, 11) is 0. The third kappa shape index (κ3) is 6.32. The highest BCUT2D eigenvalue weighted by Crippen LogP contribution is 2.41. The van der Waals surface area contributed by atoms with Gasteiger partial charge in [0.25, 0.3) is 11.8 Å². The van der Waals surface area contributed by atoms with Gasteiger partial charge in [0, 0.05) is 73.1 Å². The molecule has 2 aromatic carbocycles. The van der Waals surface area contributed by atoms with Crippen LogP contribution in [0, 0.1) is 17.8 Å². The van der Waals surface area contributed by atoms with Crippen molar-refractivity contribution in [2.45, 2.75) is 77.2 Å². The monoisotopic (exact) mass is 733 g/mol. The number of alkyl carbamates (subject to hydrolysis) is 1. The zero-order chi connectivity index (χ0) is 36.6. The molecule has 2 saturated carbocycles. The van der Waals surface area contributed by atoms with Crippen LogP contribution in [0.2, 0.25) is 5.02 Å². The molecule has 4 fully saturated rings. The normalized spacial score (nSPS) is 21.4. The maximum absolute atomic E-state index is 14.2. The summed E-state index contributed by atoms with van der Waals surface area (Å²) >= 11 is 7.19. The van der Waals surface area contributed by atoms with E-state index in [4.69, 9.17) is 21.3 Å². The fourth-order valence-electron chi connectivity index (χ4n) is 8.71. The summed E-state index contributed by atoms with van der Waals surface area (Å²) in [5.74, 6) is 1.71. The van der Waals surface area contributed by atoms with Gasteiger partial charge >= 0.3 is 6.09 Å². The number of carbonyl (C=O) groups excluding carboxylic acids is 3. The average Bonchev–Trinajstić information content (AvgIpc) is 3.42. The summed E-state index contributed by atoms with van der Waals surface area (Å²) in [6.07, 6.45) is 7.04. The van der Waals surface area contributed by atoms with Crippen LogP contribution in [-0.2, 0) is 17.8 Å². The lowest BCUT2D eigenvalue weighted by molar-refractivity contribution is 0.0469. The summed E-state index contributed by atoms with van der Waals surface area (Å²) in [6, 6.07) is 17.5. The molecule has 3 atom stereocenters. The number of pyridine rings is 1. The number of nitrogens with one attached hydrogen (secondary N) is 1. The Morgan fingerprint density at radius 3 is 2.38 bits per heavy atom. The summed E-state index contributed by atoms with van der Waals surface area (Å²) in [5, 5.41) is 4.68. The van der Waals surface area contributed by atoms with E-state index in [1.807, 2.05) is 36.6 Å². The van der Waals surface area contributed by atoms with E-state index in [2.05, 4.69) is 49.8 Å². The van der Waals surface area contributed by atoms with Crippen molar-refractivity contribution in [2.75, 3.05) is 19.6 Å². The number of imidazole rings is 1. The summed E-state index contributed by atoms with van der Waals surface area (Å²) in [4.78, 5) is 53.2. The number of hydrogen-bond donors (Lipinski definition) is 1. The van der Waals surface area contributed by atoms with Crippen molar-refractivity contribution in [1.29, 1.82) is 0 Å². The van der Waals surface area contributed by atoms with Gasteiger partial charge in [0.2, 0.25) is 0 Å². The van der Waals surface area contributed by atoms with Gasteiger partial charge < -0.3 is 29.0 Å². The Kier molecular flexibility index (Phi) is 8.25. The third-order valence-corrected chi connectivity index (χ3v) is 11.7. The van der Waals surface area contributed by atoms with Crippen LogP contribution in [0.3, 0.4) is 0 Å². The Balaban J connectivity index is 1.05. The predicted octanol–water partition coefficient (Wildman–Crippen LogP) is 7.02. The van der Waals surface area contributed by atoms with Gasteiger partial charge in [-0.05, 0) is 94.7 Å². The number of rotatable bonds is 8. The molecule has 3 amide bonds. The second-order valence-electron chi connectivity index (χ2n) is 16.4. The molecule has 3 aromatic heterocycles. The molecule has 11 nitrogen and oxygen atoms in total. The Hall–Kier alpha value is -4.90. The number of likely N-dealkylation sites (tertiary alicyclic amines) is 2. The molecule has 53 heavy (non-hydrogen) atoms. The zero-order valence-corrected chi connectivity index (χ0v) is 31.1. The van der Waals surface area contributed by atoms with Crippen LogP contribution in [0.1, 0.15) is 67.2 Å². The first kappa shape index (κ1) is 33.9. The SMILES string of the molecule is CC(C)(C)OC(=O)N[C@@H]1[C@@H]2CC[C@H]1N(C(=O)c1cc(Cl)c3c(c1)nc(-c1cc4ccccc4n1CC1CC1)n3CC1CN(C(=O)c3ccncc3)C1)C2. The topological polar surface area (TPSA) is 115 Å². The van der Waals surface area contributed by atoms with Gasteiger partial charge in [-0.15, -0.1) is 0 Å². The Morgan fingerprint density at radius 2 is 1.62 bits per heavy atom. The largest absolute Gasteiger partial charge is 0.444 e. The molecule has 5 aromatic rings. The molecule has 0 radical (unpaired) electrons. The highest BCUT2D eigenvalue weighted by molar-refractivity contribution is 6.35. The van der Waals surface area contributed by atoms with E-state index in [1.165, 1.54) is 18.4 Å². The molecular formula is C41H44ClN7O4. The van der Waals surface area contributed by atoms with Crippen LogP contribution >= 0.6 is 11.6 Å². The third-order valence-electron chi connectivity index (χ3n) is 11.4. The molecule has 0 unspecified atom stereocenters. The van der Waals surface area contributed by atoms with Gasteiger partial charge in [0.05, 0.1) is 33.8 Å². The standard InChI is InChI=1S/C41H44ClN7O4/c1-41(2,3)53-40(52)45-35-28-10-11-33(35)48(23-28)39(51)29-16-30(42)36-31(17-29)44-37(34-18-27-6-4-5-7-32(27)47(34)21-24-8-9-24)49(36)22-25-19-46(20-25)38(50)26-12-14-43-15-13-26/h4-7,12-18,24-25,28,33,35H,8-11,19-23H2,1-3H3,(H,45,52)/t28-,33-,35-/m1/s1. The van der Waals surface area contributed by atoms with Crippen LogP contribution in [0.5, 0.6) is 0 Å². The molecule has 2 bridgehead atoms. The Morgan fingerprint density at radius 1 is 0.868 bits per heavy atom. The number of carbonyl (C=O) groups is 3. The second-order valence-corrected chi connectivity index (χ2v) is 16.8. The Bertz CT molecular complexity index is 2250. The van der Waals surface area contributed by atoms with Crippen LogP contribution in [-0.4, -0.2) is 84.1 Å². The lowest BCUT2D eigenvalue weighted by atomic mass is 9.98. The highest BCUT2D eigenvalue weighted by Gasteiger charge is 2.50. The van der Waals surface area contributed by atoms with Crippen molar-refractivity contribution in [2.24, 2.45) is 17.8 Å². The van der Waals surface area contributed by atoms with E-state index in [-0.39, 0.29) is 35.7 Å². The minimum atomic E-state index is -0.604. The quantitative estimate of drug-likeness (QED) is 0.184. The van der Waals surface area contributed by atoms with Gasteiger partial charge in [-0.1, -0.05) is 29.8 Å². The molecule has 2 saturated heterocycles. The second kappa shape index (κ2) is 12.9. The maximum atomic E-state index is 14.2.